The van der Waals surface area contributed by atoms with Crippen molar-refractivity contribution in [1.29, 1.82) is 0 Å². The number of benzene rings is 2. The Balaban J connectivity index is 1.78. The number of aromatic hydroxyl groups is 1. The van der Waals surface area contributed by atoms with Gasteiger partial charge in [-0.25, -0.2) is 4.79 Å². The number of hydrogen-bond donors (Lipinski definition) is 10. The molecule has 2 aromatic rings. The van der Waals surface area contributed by atoms with Crippen molar-refractivity contribution in [3.8, 4) is 5.75 Å². The minimum atomic E-state index is -1.63. The molecule has 2 aromatic carbocycles. The number of carboxylic acids is 1. The van der Waals surface area contributed by atoms with Crippen LogP contribution in [-0.2, 0) is 41.6 Å². The monoisotopic (exact) mass is 755 g/mol. The first kappa shape index (κ1) is 43.3. The molecule has 8 atom stereocenters. The average molecular weight is 756 g/mol. The summed E-state index contributed by atoms with van der Waals surface area (Å²) in [5, 5.41) is 49.8. The number of rotatable bonds is 20. The number of nitrogens with one attached hydrogen (secondary N) is 4. The van der Waals surface area contributed by atoms with E-state index in [1.165, 1.54) is 30.9 Å². The van der Waals surface area contributed by atoms with Gasteiger partial charge in [0.25, 0.3) is 0 Å². The van der Waals surface area contributed by atoms with Crippen LogP contribution in [0.5, 0.6) is 5.75 Å². The Morgan fingerprint density at radius 2 is 1.37 bits per heavy atom. The summed E-state index contributed by atoms with van der Waals surface area (Å²) in [6, 6.07) is 7.21. The zero-order valence-corrected chi connectivity index (χ0v) is 30.5. The van der Waals surface area contributed by atoms with E-state index in [4.69, 9.17) is 11.5 Å². The quantitative estimate of drug-likeness (QED) is 0.0685. The molecule has 12 N–H and O–H groups in total. The molecule has 1 aliphatic rings. The highest BCUT2D eigenvalue weighted by Gasteiger charge is 2.41. The normalized spacial score (nSPS) is 17.9. The van der Waals surface area contributed by atoms with Gasteiger partial charge in [-0.3, -0.25) is 24.0 Å². The van der Waals surface area contributed by atoms with Gasteiger partial charge in [0.05, 0.1) is 18.2 Å². The molecular weight excluding hydrogens is 702 g/mol. The third-order valence-corrected chi connectivity index (χ3v) is 9.16. The number of likely N-dealkylation sites (tertiary alicyclic amines) is 1. The lowest BCUT2D eigenvalue weighted by Gasteiger charge is -2.32. The molecule has 0 saturated carbocycles. The van der Waals surface area contributed by atoms with Gasteiger partial charge >= 0.3 is 5.97 Å². The topological polar surface area (TPSA) is 287 Å². The summed E-state index contributed by atoms with van der Waals surface area (Å²) in [6.07, 6.45) is -1.16. The summed E-state index contributed by atoms with van der Waals surface area (Å²) < 4.78 is 0. The van der Waals surface area contributed by atoms with Crippen LogP contribution in [0.25, 0.3) is 0 Å². The third-order valence-electron chi connectivity index (χ3n) is 9.16. The molecule has 5 amide bonds. The van der Waals surface area contributed by atoms with Crippen molar-refractivity contribution in [2.75, 3.05) is 13.1 Å². The van der Waals surface area contributed by atoms with E-state index in [0.717, 1.165) is 5.56 Å². The molecule has 0 bridgehead atoms. The van der Waals surface area contributed by atoms with E-state index in [1.807, 2.05) is 18.2 Å². The Labute approximate surface area is 313 Å². The predicted molar refractivity (Wildman–Crippen MR) is 196 cm³/mol. The number of phenols is 1. The fourth-order valence-electron chi connectivity index (χ4n) is 6.11. The van der Waals surface area contributed by atoms with Crippen molar-refractivity contribution in [1.82, 2.24) is 26.2 Å². The van der Waals surface area contributed by atoms with Gasteiger partial charge in [0.2, 0.25) is 29.5 Å². The van der Waals surface area contributed by atoms with E-state index in [9.17, 15) is 49.2 Å². The number of carbonyl (C=O) groups excluding carboxylic acids is 5. The highest BCUT2D eigenvalue weighted by atomic mass is 16.4. The molecular formula is C37H53N7O10. The first-order valence-corrected chi connectivity index (χ1v) is 18.0. The zero-order chi connectivity index (χ0) is 39.9. The lowest BCUT2D eigenvalue weighted by atomic mass is 10.0. The molecule has 1 fully saturated rings. The fourth-order valence-corrected chi connectivity index (χ4v) is 6.11. The molecule has 1 saturated heterocycles. The summed E-state index contributed by atoms with van der Waals surface area (Å²) in [7, 11) is 0. The highest BCUT2D eigenvalue weighted by molar-refractivity contribution is 5.97. The summed E-state index contributed by atoms with van der Waals surface area (Å²) in [4.78, 5) is 80.5. The van der Waals surface area contributed by atoms with Gasteiger partial charge in [-0.15, -0.1) is 0 Å². The predicted octanol–water partition coefficient (Wildman–Crippen LogP) is -1.59. The average Bonchev–Trinajstić information content (AvgIpc) is 3.63. The Hall–Kier alpha value is -5.10. The summed E-state index contributed by atoms with van der Waals surface area (Å²) in [6.45, 7) is 2.89. The van der Waals surface area contributed by atoms with Gasteiger partial charge in [-0.05, 0) is 82.2 Å². The van der Waals surface area contributed by atoms with Gasteiger partial charge < -0.3 is 58.1 Å². The van der Waals surface area contributed by atoms with Crippen LogP contribution < -0.4 is 32.7 Å². The van der Waals surface area contributed by atoms with E-state index in [0.29, 0.717) is 31.4 Å². The van der Waals surface area contributed by atoms with Crippen molar-refractivity contribution in [2.24, 2.45) is 11.5 Å². The van der Waals surface area contributed by atoms with Crippen LogP contribution >= 0.6 is 0 Å². The van der Waals surface area contributed by atoms with Gasteiger partial charge in [-0.2, -0.15) is 0 Å². The van der Waals surface area contributed by atoms with Crippen molar-refractivity contribution < 1.29 is 49.2 Å². The maximum atomic E-state index is 14.0. The lowest BCUT2D eigenvalue weighted by Crippen LogP contribution is -2.61. The van der Waals surface area contributed by atoms with Crippen LogP contribution in [0.4, 0.5) is 0 Å². The second-order valence-electron chi connectivity index (χ2n) is 13.6. The standard InChI is InChI=1S/C37H53N7O10/c1-21(45)30(42-34(50)28(20-24-13-15-25(47)16-14-24)41-32(48)26(39)19-23-9-4-3-5-10-23)36(52)44-18-8-12-29(44)35(51)40-27(11-6-7-17-38)33(49)43-31(22(2)46)37(53)54/h3-5,9-10,13-16,21-22,26-31,45-47H,6-8,11-12,17-20,38-39H2,1-2H3,(H,40,51)(H,41,48)(H,42,50)(H,43,49)(H,53,54)/t21-,22-,26+,27+,28+,29+,30+,31+/m1/s1. The molecule has 0 aromatic heterocycles. The summed E-state index contributed by atoms with van der Waals surface area (Å²) in [5.74, 6) is -5.26. The number of aliphatic carboxylic acids is 1. The second kappa shape index (κ2) is 21.0. The fraction of sp³-hybridized carbons (Fsp3) is 0.514. The van der Waals surface area contributed by atoms with Crippen molar-refractivity contribution in [2.45, 2.75) is 107 Å². The first-order valence-electron chi connectivity index (χ1n) is 18.0. The largest absolute Gasteiger partial charge is 0.508 e. The highest BCUT2D eigenvalue weighted by Crippen LogP contribution is 2.21. The van der Waals surface area contributed by atoms with Gasteiger partial charge in [0.1, 0.15) is 29.9 Å². The van der Waals surface area contributed by atoms with Crippen molar-refractivity contribution in [3.05, 3.63) is 65.7 Å². The van der Waals surface area contributed by atoms with Crippen molar-refractivity contribution >= 4 is 35.5 Å². The lowest BCUT2D eigenvalue weighted by molar-refractivity contribution is -0.146. The van der Waals surface area contributed by atoms with Crippen LogP contribution in [0, 0.1) is 0 Å². The molecule has 0 spiro atoms. The summed E-state index contributed by atoms with van der Waals surface area (Å²) >= 11 is 0. The SMILES string of the molecule is C[C@@H](O)[C@H](NC(=O)[C@H](CCCCN)NC(=O)[C@@H]1CCCN1C(=O)[C@@H](NC(=O)[C@H](Cc1ccc(O)cc1)NC(=O)[C@@H](N)Cc1ccccc1)[C@@H](C)O)C(=O)O. The third kappa shape index (κ3) is 12.8. The number of phenolic OH excluding ortho intramolecular Hbond substituents is 1. The van der Waals surface area contributed by atoms with E-state index in [1.54, 1.807) is 24.3 Å². The van der Waals surface area contributed by atoms with Gasteiger partial charge in [-0.1, -0.05) is 42.5 Å². The smallest absolute Gasteiger partial charge is 0.328 e. The van der Waals surface area contributed by atoms with Crippen LogP contribution in [0.2, 0.25) is 0 Å². The maximum Gasteiger partial charge on any atom is 0.328 e. The minimum absolute atomic E-state index is 0.00985. The first-order chi connectivity index (χ1) is 25.6. The Bertz CT molecular complexity index is 1570. The van der Waals surface area contributed by atoms with Crippen LogP contribution in [0.1, 0.15) is 57.1 Å². The molecule has 1 aliphatic heterocycles. The summed E-state index contributed by atoms with van der Waals surface area (Å²) in [5.41, 5.74) is 13.1. The number of nitrogens with zero attached hydrogens (tertiary/aromatic N) is 1. The number of aliphatic hydroxyl groups excluding tert-OH is 2. The van der Waals surface area contributed by atoms with E-state index in [-0.39, 0.29) is 38.0 Å². The number of carboxylic acid groups (broad SMARTS) is 1. The number of nitrogens with two attached hydrogens (primary N) is 2. The Kier molecular flexibility index (Phi) is 16.8. The molecule has 17 heteroatoms. The maximum absolute atomic E-state index is 14.0. The van der Waals surface area contributed by atoms with Crippen molar-refractivity contribution in [3.63, 3.8) is 0 Å². The Morgan fingerprint density at radius 3 is 1.96 bits per heavy atom. The molecule has 0 radical (unpaired) electrons. The second-order valence-corrected chi connectivity index (χ2v) is 13.6. The Morgan fingerprint density at radius 1 is 0.778 bits per heavy atom. The number of unbranched alkanes of at least 4 members (excludes halogenated alkanes) is 1. The molecule has 54 heavy (non-hydrogen) atoms. The zero-order valence-electron chi connectivity index (χ0n) is 30.5. The molecule has 0 aliphatic carbocycles. The van der Waals surface area contributed by atoms with E-state index in [2.05, 4.69) is 21.3 Å². The minimum Gasteiger partial charge on any atom is -0.508 e. The van der Waals surface area contributed by atoms with E-state index < -0.39 is 84.0 Å². The van der Waals surface area contributed by atoms with Crippen LogP contribution in [0.15, 0.2) is 54.6 Å². The molecule has 0 unspecified atom stereocenters. The number of amides is 5. The van der Waals surface area contributed by atoms with E-state index >= 15 is 0 Å². The van der Waals surface area contributed by atoms with Crippen LogP contribution in [-0.4, -0.2) is 122 Å². The van der Waals surface area contributed by atoms with Gasteiger partial charge in [0, 0.05) is 13.0 Å². The molecule has 17 nitrogen and oxygen atoms in total. The molecule has 1 heterocycles. The van der Waals surface area contributed by atoms with Gasteiger partial charge in [0.15, 0.2) is 6.04 Å². The number of carbonyl (C=O) groups is 6. The van der Waals surface area contributed by atoms with Crippen LogP contribution in [0.3, 0.4) is 0 Å². The number of aliphatic hydroxyl groups is 2. The number of hydrogen-bond acceptors (Lipinski definition) is 11. The molecule has 3 rings (SSSR count). The molecule has 296 valence electrons.